The third-order valence-electron chi connectivity index (χ3n) is 8.23. The maximum absolute atomic E-state index is 14.6. The zero-order valence-electron chi connectivity index (χ0n) is 24.8. The first-order valence-electron chi connectivity index (χ1n) is 14.0. The molecular weight excluding hydrogens is 524 g/mol. The molecule has 1 spiro atoms. The minimum Gasteiger partial charge on any atom is -0.504 e. The van der Waals surface area contributed by atoms with Crippen molar-refractivity contribution in [3.63, 3.8) is 0 Å². The summed E-state index contributed by atoms with van der Waals surface area (Å²) in [4.78, 5) is 43.1. The van der Waals surface area contributed by atoms with Crippen LogP contribution in [0.3, 0.4) is 0 Å². The average Bonchev–Trinajstić information content (AvgIpc) is 3.64. The van der Waals surface area contributed by atoms with Crippen LogP contribution in [0.1, 0.15) is 84.5 Å². The van der Waals surface area contributed by atoms with Crippen LogP contribution in [0.15, 0.2) is 64.5 Å². The third-order valence-corrected chi connectivity index (χ3v) is 8.23. The second-order valence-corrected chi connectivity index (χ2v) is 12.5. The van der Waals surface area contributed by atoms with Crippen LogP contribution in [-0.2, 0) is 19.1 Å². The van der Waals surface area contributed by atoms with E-state index in [4.69, 9.17) is 9.47 Å². The molecule has 220 valence electrons. The maximum Gasteiger partial charge on any atom is 0.214 e. The summed E-state index contributed by atoms with van der Waals surface area (Å²) in [5.41, 5.74) is -2.00. The molecule has 41 heavy (non-hydrogen) atoms. The summed E-state index contributed by atoms with van der Waals surface area (Å²) in [6.07, 6.45) is 5.28. The van der Waals surface area contributed by atoms with Gasteiger partial charge in [0.2, 0.25) is 5.60 Å². The zero-order chi connectivity index (χ0) is 30.5. The Bertz CT molecular complexity index is 1420. The Labute approximate surface area is 241 Å². The molecule has 0 radical (unpaired) electrons. The molecule has 2 heterocycles. The Morgan fingerprint density at radius 2 is 1.59 bits per heavy atom. The van der Waals surface area contributed by atoms with Crippen LogP contribution in [-0.4, -0.2) is 56.1 Å². The molecule has 4 atom stereocenters. The molecule has 1 aromatic carbocycles. The number of hydrogen-bond donors (Lipinski definition) is 3. The summed E-state index contributed by atoms with van der Waals surface area (Å²) >= 11 is 0. The lowest BCUT2D eigenvalue weighted by atomic mass is 9.60. The number of ether oxygens (including phenoxy) is 2. The lowest BCUT2D eigenvalue weighted by molar-refractivity contribution is -0.150. The molecule has 1 aliphatic carbocycles. The fraction of sp³-hybridized carbons (Fsp3) is 0.485. The van der Waals surface area contributed by atoms with Gasteiger partial charge in [-0.2, -0.15) is 0 Å². The van der Waals surface area contributed by atoms with Crippen molar-refractivity contribution in [1.82, 2.24) is 0 Å². The van der Waals surface area contributed by atoms with E-state index in [1.54, 1.807) is 19.9 Å². The van der Waals surface area contributed by atoms with Crippen LogP contribution < -0.4 is 0 Å². The zero-order valence-corrected chi connectivity index (χ0v) is 24.8. The van der Waals surface area contributed by atoms with Gasteiger partial charge in [-0.05, 0) is 92.3 Å². The molecule has 3 aliphatic rings. The van der Waals surface area contributed by atoms with E-state index in [2.05, 4.69) is 6.08 Å². The molecular formula is C33H40O8. The van der Waals surface area contributed by atoms with Crippen LogP contribution in [0.25, 0.3) is 0 Å². The maximum atomic E-state index is 14.6. The van der Waals surface area contributed by atoms with E-state index in [0.29, 0.717) is 0 Å². The minimum absolute atomic E-state index is 0.0347. The largest absolute Gasteiger partial charge is 0.504 e. The molecule has 4 unspecified atom stereocenters. The molecule has 8 nitrogen and oxygen atoms in total. The SMILES string of the molecule is CC(C)=CCCC(C)=CCC1(CC=C(C)C)C(=O)C(C(=O)c2ccc(O)c(O)c2)=C2OC(C)(C)C(O)C3OC23C1=O. The Kier molecular flexibility index (Phi) is 7.97. The van der Waals surface area contributed by atoms with Gasteiger partial charge in [0.1, 0.15) is 28.8 Å². The van der Waals surface area contributed by atoms with E-state index in [0.717, 1.165) is 36.1 Å². The fourth-order valence-electron chi connectivity index (χ4n) is 5.61. The molecule has 0 amide bonds. The van der Waals surface area contributed by atoms with E-state index >= 15 is 0 Å². The summed E-state index contributed by atoms with van der Waals surface area (Å²) in [5.74, 6) is -3.12. The standard InChI is InChI=1S/C33H40O8/c1-18(2)9-8-10-20(5)14-16-32(15-13-19(3)4)26(37)24(25(36)21-11-12-22(34)23(35)17-21)28-33(30(32)39)29(41-33)27(38)31(6,7)40-28/h9,11-14,17,27,29,34-35,38H,8,10,15-16H2,1-7H3. The fourth-order valence-corrected chi connectivity index (χ4v) is 5.61. The monoisotopic (exact) mass is 564 g/mol. The van der Waals surface area contributed by atoms with E-state index in [-0.39, 0.29) is 29.7 Å². The third kappa shape index (κ3) is 5.19. The first-order valence-corrected chi connectivity index (χ1v) is 14.0. The van der Waals surface area contributed by atoms with Crippen LogP contribution in [0, 0.1) is 5.41 Å². The average molecular weight is 565 g/mol. The Morgan fingerprint density at radius 3 is 2.20 bits per heavy atom. The van der Waals surface area contributed by atoms with Crippen molar-refractivity contribution in [3.05, 3.63) is 70.0 Å². The molecule has 4 rings (SSSR count). The number of epoxide rings is 1. The molecule has 2 fully saturated rings. The van der Waals surface area contributed by atoms with Crippen LogP contribution in [0.4, 0.5) is 0 Å². The number of carbonyl (C=O) groups is 3. The van der Waals surface area contributed by atoms with Gasteiger partial charge in [-0.15, -0.1) is 0 Å². The first kappa shape index (κ1) is 30.5. The second-order valence-electron chi connectivity index (χ2n) is 12.5. The molecule has 8 heteroatoms. The number of aliphatic hydroxyl groups is 1. The lowest BCUT2D eigenvalue weighted by Gasteiger charge is -2.44. The van der Waals surface area contributed by atoms with Gasteiger partial charge in [0, 0.05) is 5.56 Å². The number of carbonyl (C=O) groups excluding carboxylic acids is 3. The molecule has 1 aromatic rings. The van der Waals surface area contributed by atoms with Gasteiger partial charge < -0.3 is 24.8 Å². The Balaban J connectivity index is 1.91. The van der Waals surface area contributed by atoms with Crippen molar-refractivity contribution in [2.75, 3.05) is 0 Å². The summed E-state index contributed by atoms with van der Waals surface area (Å²) in [7, 11) is 0. The highest BCUT2D eigenvalue weighted by Crippen LogP contribution is 2.61. The van der Waals surface area contributed by atoms with Crippen molar-refractivity contribution in [3.8, 4) is 11.5 Å². The number of benzene rings is 1. The van der Waals surface area contributed by atoms with Crippen LogP contribution >= 0.6 is 0 Å². The molecule has 3 N–H and O–H groups in total. The number of rotatable bonds is 9. The number of aliphatic hydroxyl groups excluding tert-OH is 1. The lowest BCUT2D eigenvalue weighted by Crippen LogP contribution is -2.61. The molecule has 0 bridgehead atoms. The van der Waals surface area contributed by atoms with Crippen molar-refractivity contribution in [1.29, 1.82) is 0 Å². The summed E-state index contributed by atoms with van der Waals surface area (Å²) in [5, 5.41) is 30.9. The van der Waals surface area contributed by atoms with Gasteiger partial charge in [0.15, 0.2) is 34.6 Å². The van der Waals surface area contributed by atoms with E-state index in [9.17, 15) is 29.7 Å². The minimum atomic E-state index is -1.77. The first-order chi connectivity index (χ1) is 19.1. The van der Waals surface area contributed by atoms with E-state index < -0.39 is 57.7 Å². The van der Waals surface area contributed by atoms with Gasteiger partial charge in [0.25, 0.3) is 0 Å². The number of ketones is 3. The summed E-state index contributed by atoms with van der Waals surface area (Å²) in [6.45, 7) is 12.9. The highest BCUT2D eigenvalue weighted by atomic mass is 16.7. The van der Waals surface area contributed by atoms with Gasteiger partial charge in [-0.1, -0.05) is 34.9 Å². The number of phenols is 2. The number of hydrogen-bond acceptors (Lipinski definition) is 8. The molecule has 0 saturated carbocycles. The van der Waals surface area contributed by atoms with E-state index in [1.165, 1.54) is 11.6 Å². The normalized spacial score (nSPS) is 28.3. The van der Waals surface area contributed by atoms with Gasteiger partial charge in [-0.25, -0.2) is 0 Å². The topological polar surface area (TPSA) is 134 Å². The smallest absolute Gasteiger partial charge is 0.214 e. The van der Waals surface area contributed by atoms with Crippen LogP contribution in [0.2, 0.25) is 0 Å². The molecule has 2 saturated heterocycles. The van der Waals surface area contributed by atoms with Crippen LogP contribution in [0.5, 0.6) is 11.5 Å². The van der Waals surface area contributed by atoms with Gasteiger partial charge in [0.05, 0.1) is 0 Å². The van der Waals surface area contributed by atoms with Crippen molar-refractivity contribution in [2.24, 2.45) is 5.41 Å². The quantitative estimate of drug-likeness (QED) is 0.0904. The van der Waals surface area contributed by atoms with Crippen molar-refractivity contribution >= 4 is 17.3 Å². The number of allylic oxidation sites excluding steroid dienone is 7. The highest BCUT2D eigenvalue weighted by molar-refractivity contribution is 6.35. The van der Waals surface area contributed by atoms with Gasteiger partial charge in [-0.3, -0.25) is 14.4 Å². The number of aromatic hydroxyl groups is 2. The number of phenolic OH excluding ortho intramolecular Hbond substituents is 2. The van der Waals surface area contributed by atoms with Crippen molar-refractivity contribution in [2.45, 2.75) is 97.6 Å². The highest BCUT2D eigenvalue weighted by Gasteiger charge is 2.80. The molecule has 2 aliphatic heterocycles. The van der Waals surface area contributed by atoms with E-state index in [1.807, 2.05) is 40.7 Å². The van der Waals surface area contributed by atoms with Crippen molar-refractivity contribution < 1.29 is 39.2 Å². The summed E-state index contributed by atoms with van der Waals surface area (Å²) in [6, 6.07) is 3.52. The van der Waals surface area contributed by atoms with Gasteiger partial charge >= 0.3 is 0 Å². The predicted octanol–water partition coefficient (Wildman–Crippen LogP) is 5.42. The summed E-state index contributed by atoms with van der Waals surface area (Å²) < 4.78 is 12.1. The number of Topliss-reactive ketones (excluding diaryl/α,β-unsaturated/α-hetero) is 3. The predicted molar refractivity (Wildman–Crippen MR) is 153 cm³/mol. The second kappa shape index (κ2) is 10.7. The Morgan fingerprint density at radius 1 is 0.951 bits per heavy atom. The molecule has 0 aromatic heterocycles. The Hall–Kier alpha value is -3.49.